The van der Waals surface area contributed by atoms with Crippen LogP contribution < -0.4 is 14.8 Å². The van der Waals surface area contributed by atoms with Crippen LogP contribution >= 0.6 is 0 Å². The predicted octanol–water partition coefficient (Wildman–Crippen LogP) is 1.81. The first kappa shape index (κ1) is 12.5. The summed E-state index contributed by atoms with van der Waals surface area (Å²) >= 11 is 0. The van der Waals surface area contributed by atoms with Crippen molar-refractivity contribution < 1.29 is 14.6 Å². The Morgan fingerprint density at radius 3 is 2.65 bits per heavy atom. The summed E-state index contributed by atoms with van der Waals surface area (Å²) in [6.45, 7) is 2.51. The van der Waals surface area contributed by atoms with Crippen LogP contribution in [-0.4, -0.2) is 31.5 Å². The van der Waals surface area contributed by atoms with Crippen LogP contribution in [0.3, 0.4) is 0 Å². The fraction of sp³-hybridized carbons (Fsp3) is 0.625. The van der Waals surface area contributed by atoms with Gasteiger partial charge in [0.25, 0.3) is 0 Å². The van der Waals surface area contributed by atoms with Crippen molar-refractivity contribution in [3.8, 4) is 11.5 Å². The molecule has 4 nitrogen and oxygen atoms in total. The molecular formula is C16H21NO3. The summed E-state index contributed by atoms with van der Waals surface area (Å²) in [6, 6.07) is 4.68. The van der Waals surface area contributed by atoms with Gasteiger partial charge in [-0.3, -0.25) is 0 Å². The first-order valence-electron chi connectivity index (χ1n) is 7.56. The topological polar surface area (TPSA) is 50.7 Å². The highest BCUT2D eigenvalue weighted by molar-refractivity contribution is 5.50. The average molecular weight is 275 g/mol. The minimum atomic E-state index is 0.163. The summed E-state index contributed by atoms with van der Waals surface area (Å²) in [6.07, 6.45) is 4.52. The number of fused-ring (bicyclic) bond motifs is 2. The van der Waals surface area contributed by atoms with Crippen molar-refractivity contribution in [3.63, 3.8) is 0 Å². The van der Waals surface area contributed by atoms with E-state index >= 15 is 0 Å². The van der Waals surface area contributed by atoms with Crippen LogP contribution in [0.25, 0.3) is 0 Å². The number of benzene rings is 1. The molecule has 3 aliphatic rings. The molecule has 1 aromatic rings. The molecule has 1 aliphatic heterocycles. The van der Waals surface area contributed by atoms with Crippen molar-refractivity contribution in [2.45, 2.75) is 31.7 Å². The van der Waals surface area contributed by atoms with Gasteiger partial charge >= 0.3 is 0 Å². The number of aliphatic hydroxyl groups is 1. The normalized spacial score (nSPS) is 25.4. The lowest BCUT2D eigenvalue weighted by molar-refractivity contribution is 0.171. The summed E-state index contributed by atoms with van der Waals surface area (Å²) in [7, 11) is 0. The second-order valence-electron chi connectivity index (χ2n) is 6.32. The fourth-order valence-electron chi connectivity index (χ4n) is 3.26. The highest BCUT2D eigenvalue weighted by atomic mass is 16.6. The molecular weight excluding hydrogens is 254 g/mol. The molecule has 108 valence electrons. The summed E-state index contributed by atoms with van der Waals surface area (Å²) in [5.74, 6) is 1.77. The highest BCUT2D eigenvalue weighted by Gasteiger charge is 2.42. The van der Waals surface area contributed by atoms with Crippen molar-refractivity contribution in [2.24, 2.45) is 5.41 Å². The minimum absolute atomic E-state index is 0.163. The van der Waals surface area contributed by atoms with E-state index in [-0.39, 0.29) is 5.41 Å². The molecule has 4 heteroatoms. The number of rotatable bonds is 4. The van der Waals surface area contributed by atoms with Crippen molar-refractivity contribution in [3.05, 3.63) is 23.3 Å². The van der Waals surface area contributed by atoms with Crippen LogP contribution in [-0.2, 0) is 6.42 Å². The third kappa shape index (κ3) is 2.07. The third-order valence-corrected chi connectivity index (χ3v) is 4.90. The van der Waals surface area contributed by atoms with E-state index in [4.69, 9.17) is 9.47 Å². The van der Waals surface area contributed by atoms with Gasteiger partial charge in [0.2, 0.25) is 0 Å². The first-order valence-corrected chi connectivity index (χ1v) is 7.56. The molecule has 1 fully saturated rings. The van der Waals surface area contributed by atoms with E-state index in [0.29, 0.717) is 25.9 Å². The Morgan fingerprint density at radius 1 is 1.20 bits per heavy atom. The van der Waals surface area contributed by atoms with Crippen LogP contribution in [0.15, 0.2) is 12.1 Å². The van der Waals surface area contributed by atoms with Crippen molar-refractivity contribution in [2.75, 3.05) is 26.4 Å². The molecule has 0 saturated heterocycles. The molecule has 0 aromatic heterocycles. The zero-order valence-corrected chi connectivity index (χ0v) is 11.7. The van der Waals surface area contributed by atoms with Gasteiger partial charge < -0.3 is 19.9 Å². The number of hydrogen-bond donors (Lipinski definition) is 2. The van der Waals surface area contributed by atoms with Gasteiger partial charge in [0.1, 0.15) is 13.2 Å². The largest absolute Gasteiger partial charge is 0.486 e. The average Bonchev–Trinajstić information content (AvgIpc) is 3.18. The van der Waals surface area contributed by atoms with E-state index in [1.807, 2.05) is 0 Å². The Hall–Kier alpha value is -1.26. The van der Waals surface area contributed by atoms with Crippen molar-refractivity contribution in [1.29, 1.82) is 0 Å². The molecule has 1 aromatic carbocycles. The lowest BCUT2D eigenvalue weighted by atomic mass is 10.0. The third-order valence-electron chi connectivity index (χ3n) is 4.90. The summed E-state index contributed by atoms with van der Waals surface area (Å²) in [5, 5.41) is 13.0. The maximum absolute atomic E-state index is 9.41. The quantitative estimate of drug-likeness (QED) is 0.880. The van der Waals surface area contributed by atoms with Gasteiger partial charge in [0.15, 0.2) is 11.5 Å². The lowest BCUT2D eigenvalue weighted by Gasteiger charge is -2.22. The summed E-state index contributed by atoms with van der Waals surface area (Å²) in [4.78, 5) is 0. The second-order valence-corrected chi connectivity index (χ2v) is 6.32. The fourth-order valence-corrected chi connectivity index (χ4v) is 3.26. The van der Waals surface area contributed by atoms with Crippen molar-refractivity contribution >= 4 is 0 Å². The van der Waals surface area contributed by atoms with E-state index in [0.717, 1.165) is 43.7 Å². The minimum Gasteiger partial charge on any atom is -0.486 e. The summed E-state index contributed by atoms with van der Waals surface area (Å²) < 4.78 is 11.3. The first-order chi connectivity index (χ1) is 9.80. The molecule has 1 heterocycles. The predicted molar refractivity (Wildman–Crippen MR) is 75.2 cm³/mol. The molecule has 0 radical (unpaired) electrons. The Morgan fingerprint density at radius 2 is 1.95 bits per heavy atom. The molecule has 2 aliphatic carbocycles. The van der Waals surface area contributed by atoms with Crippen LogP contribution in [0.2, 0.25) is 0 Å². The Bertz CT molecular complexity index is 525. The number of hydrogen-bond acceptors (Lipinski definition) is 4. The van der Waals surface area contributed by atoms with Crippen molar-refractivity contribution in [1.82, 2.24) is 5.32 Å². The van der Waals surface area contributed by atoms with Gasteiger partial charge in [-0.2, -0.15) is 0 Å². The van der Waals surface area contributed by atoms with E-state index in [2.05, 4.69) is 17.4 Å². The Labute approximate surface area is 119 Å². The van der Waals surface area contributed by atoms with Crippen LogP contribution in [0.5, 0.6) is 11.5 Å². The van der Waals surface area contributed by atoms with Gasteiger partial charge in [-0.25, -0.2) is 0 Å². The zero-order chi connectivity index (χ0) is 13.6. The van der Waals surface area contributed by atoms with E-state index in [1.165, 1.54) is 11.1 Å². The molecule has 20 heavy (non-hydrogen) atoms. The van der Waals surface area contributed by atoms with Gasteiger partial charge in [-0.1, -0.05) is 0 Å². The molecule has 0 bridgehead atoms. The monoisotopic (exact) mass is 275 g/mol. The van der Waals surface area contributed by atoms with Crippen LogP contribution in [0.4, 0.5) is 0 Å². The number of aryl methyl sites for hydroxylation is 1. The van der Waals surface area contributed by atoms with E-state index in [9.17, 15) is 5.11 Å². The SMILES string of the molecule is OCC1(CN[C@@H]2CCc3cc4c(cc32)OCCO4)CC1. The Balaban J connectivity index is 1.52. The molecule has 1 atom stereocenters. The molecule has 0 amide bonds. The highest BCUT2D eigenvalue weighted by Crippen LogP contribution is 2.46. The lowest BCUT2D eigenvalue weighted by Crippen LogP contribution is -2.29. The molecule has 4 rings (SSSR count). The van der Waals surface area contributed by atoms with Gasteiger partial charge in [0, 0.05) is 24.6 Å². The van der Waals surface area contributed by atoms with E-state index < -0.39 is 0 Å². The number of aliphatic hydroxyl groups excluding tert-OH is 1. The van der Waals surface area contributed by atoms with Gasteiger partial charge in [-0.15, -0.1) is 0 Å². The maximum atomic E-state index is 9.41. The number of nitrogens with one attached hydrogen (secondary N) is 1. The van der Waals surface area contributed by atoms with Gasteiger partial charge in [0.05, 0.1) is 0 Å². The van der Waals surface area contributed by atoms with Gasteiger partial charge in [-0.05, 0) is 48.9 Å². The van der Waals surface area contributed by atoms with Crippen LogP contribution in [0.1, 0.15) is 36.4 Å². The standard InChI is InChI=1S/C16H21NO3/c18-10-16(3-4-16)9-17-13-2-1-11-7-14-15(8-12(11)13)20-6-5-19-14/h7-8,13,17-18H,1-6,9-10H2/t13-/m1/s1. The number of ether oxygens (including phenoxy) is 2. The molecule has 0 spiro atoms. The molecule has 0 unspecified atom stereocenters. The smallest absolute Gasteiger partial charge is 0.161 e. The molecule has 2 N–H and O–H groups in total. The van der Waals surface area contributed by atoms with E-state index in [1.54, 1.807) is 0 Å². The summed E-state index contributed by atoms with van der Waals surface area (Å²) in [5.41, 5.74) is 2.89. The molecule has 1 saturated carbocycles. The second kappa shape index (κ2) is 4.64. The zero-order valence-electron chi connectivity index (χ0n) is 11.7. The van der Waals surface area contributed by atoms with Crippen LogP contribution in [0, 0.1) is 5.41 Å². The Kier molecular flexibility index (Phi) is 2.89. The maximum Gasteiger partial charge on any atom is 0.161 e.